The van der Waals surface area contributed by atoms with Gasteiger partial charge in [-0.1, -0.05) is 13.3 Å². The SMILES string of the molecule is CC[C@H]1CN2CCc3cc(OC)c(OC)cc3[C@@H]2C[C@@H]1C[C@@H]1Cc2cc(OC)c(O)cc2CN1. The first-order valence-electron chi connectivity index (χ1n) is 12.7. The summed E-state index contributed by atoms with van der Waals surface area (Å²) in [7, 11) is 5.06. The summed E-state index contributed by atoms with van der Waals surface area (Å²) in [5, 5.41) is 13.9. The van der Waals surface area contributed by atoms with Crippen molar-refractivity contribution in [1.82, 2.24) is 10.2 Å². The van der Waals surface area contributed by atoms with Gasteiger partial charge in [0.2, 0.25) is 0 Å². The maximum absolute atomic E-state index is 10.1. The highest BCUT2D eigenvalue weighted by molar-refractivity contribution is 5.50. The van der Waals surface area contributed by atoms with E-state index in [0.29, 0.717) is 23.8 Å². The molecule has 2 N–H and O–H groups in total. The number of benzene rings is 2. The number of phenols is 1. The number of aromatic hydroxyl groups is 1. The molecule has 0 aromatic heterocycles. The molecule has 0 amide bonds. The zero-order valence-corrected chi connectivity index (χ0v) is 20.9. The lowest BCUT2D eigenvalue weighted by Crippen LogP contribution is -2.48. The van der Waals surface area contributed by atoms with Crippen molar-refractivity contribution in [3.63, 3.8) is 0 Å². The smallest absolute Gasteiger partial charge is 0.161 e. The molecule has 0 aliphatic carbocycles. The molecule has 0 bridgehead atoms. The molecule has 0 spiro atoms. The summed E-state index contributed by atoms with van der Waals surface area (Å²) in [5.74, 6) is 3.85. The number of rotatable bonds is 6. The van der Waals surface area contributed by atoms with Crippen LogP contribution >= 0.6 is 0 Å². The van der Waals surface area contributed by atoms with Gasteiger partial charge in [-0.3, -0.25) is 4.90 Å². The van der Waals surface area contributed by atoms with Gasteiger partial charge < -0.3 is 24.6 Å². The van der Waals surface area contributed by atoms with E-state index in [9.17, 15) is 5.11 Å². The summed E-state index contributed by atoms with van der Waals surface area (Å²) in [6, 6.07) is 9.18. The van der Waals surface area contributed by atoms with Crippen LogP contribution in [-0.2, 0) is 19.4 Å². The van der Waals surface area contributed by atoms with E-state index in [0.717, 1.165) is 43.3 Å². The van der Waals surface area contributed by atoms with E-state index in [-0.39, 0.29) is 5.75 Å². The summed E-state index contributed by atoms with van der Waals surface area (Å²) in [4.78, 5) is 2.70. The predicted molar refractivity (Wildman–Crippen MR) is 133 cm³/mol. The molecule has 3 aliphatic heterocycles. The van der Waals surface area contributed by atoms with Crippen molar-refractivity contribution in [2.45, 2.75) is 57.7 Å². The van der Waals surface area contributed by atoms with Gasteiger partial charge in [-0.25, -0.2) is 0 Å². The van der Waals surface area contributed by atoms with Gasteiger partial charge in [-0.15, -0.1) is 0 Å². The number of phenolic OH excluding ortho intramolecular Hbond substituents is 1. The lowest BCUT2D eigenvalue weighted by atomic mass is 9.72. The van der Waals surface area contributed by atoms with Gasteiger partial charge in [0, 0.05) is 31.7 Å². The van der Waals surface area contributed by atoms with Gasteiger partial charge >= 0.3 is 0 Å². The largest absolute Gasteiger partial charge is 0.504 e. The molecule has 0 unspecified atom stereocenters. The van der Waals surface area contributed by atoms with Crippen molar-refractivity contribution in [3.05, 3.63) is 46.5 Å². The first-order chi connectivity index (χ1) is 16.5. The van der Waals surface area contributed by atoms with Crippen molar-refractivity contribution in [3.8, 4) is 23.0 Å². The Labute approximate surface area is 203 Å². The van der Waals surface area contributed by atoms with Crippen molar-refractivity contribution in [2.24, 2.45) is 11.8 Å². The molecular formula is C28H38N2O4. The molecule has 4 atom stereocenters. The van der Waals surface area contributed by atoms with Gasteiger partial charge in [-0.2, -0.15) is 0 Å². The van der Waals surface area contributed by atoms with E-state index in [4.69, 9.17) is 14.2 Å². The number of methoxy groups -OCH3 is 3. The number of nitrogens with one attached hydrogen (secondary N) is 1. The van der Waals surface area contributed by atoms with Crippen molar-refractivity contribution < 1.29 is 19.3 Å². The first kappa shape index (κ1) is 23.3. The number of piperidine rings is 1. The molecule has 3 aliphatic rings. The fourth-order valence-corrected chi connectivity index (χ4v) is 6.55. The minimum Gasteiger partial charge on any atom is -0.504 e. The van der Waals surface area contributed by atoms with Gasteiger partial charge in [0.15, 0.2) is 23.0 Å². The van der Waals surface area contributed by atoms with Crippen LogP contribution in [0.25, 0.3) is 0 Å². The third-order valence-corrected chi connectivity index (χ3v) is 8.44. The van der Waals surface area contributed by atoms with Crippen LogP contribution < -0.4 is 19.5 Å². The van der Waals surface area contributed by atoms with Gasteiger partial charge in [0.1, 0.15) is 0 Å². The summed E-state index contributed by atoms with van der Waals surface area (Å²) < 4.78 is 16.6. The van der Waals surface area contributed by atoms with Gasteiger partial charge in [0.05, 0.1) is 21.3 Å². The maximum Gasteiger partial charge on any atom is 0.161 e. The normalized spacial score (nSPS) is 26.2. The van der Waals surface area contributed by atoms with E-state index >= 15 is 0 Å². The van der Waals surface area contributed by atoms with Crippen LogP contribution in [0.2, 0.25) is 0 Å². The van der Waals surface area contributed by atoms with Crippen molar-refractivity contribution >= 4 is 0 Å². The van der Waals surface area contributed by atoms with Gasteiger partial charge in [0.25, 0.3) is 0 Å². The summed E-state index contributed by atoms with van der Waals surface area (Å²) >= 11 is 0. The number of nitrogens with zero attached hydrogens (tertiary/aromatic N) is 1. The molecule has 0 saturated carbocycles. The van der Waals surface area contributed by atoms with E-state index in [1.807, 2.05) is 12.1 Å². The Hall–Kier alpha value is -2.44. The molecule has 3 heterocycles. The monoisotopic (exact) mass is 466 g/mol. The van der Waals surface area contributed by atoms with Crippen molar-refractivity contribution in [1.29, 1.82) is 0 Å². The number of hydrogen-bond donors (Lipinski definition) is 2. The second-order valence-corrected chi connectivity index (χ2v) is 10.1. The lowest BCUT2D eigenvalue weighted by Gasteiger charge is -2.48. The van der Waals surface area contributed by atoms with E-state index in [1.165, 1.54) is 48.1 Å². The minimum absolute atomic E-state index is 0.225. The van der Waals surface area contributed by atoms with E-state index in [1.54, 1.807) is 21.3 Å². The molecule has 1 fully saturated rings. The zero-order chi connectivity index (χ0) is 23.8. The lowest BCUT2D eigenvalue weighted by molar-refractivity contribution is 0.0434. The molecule has 1 saturated heterocycles. The highest BCUT2D eigenvalue weighted by atomic mass is 16.5. The van der Waals surface area contributed by atoms with Crippen LogP contribution in [0.4, 0.5) is 0 Å². The third kappa shape index (κ3) is 4.22. The highest BCUT2D eigenvalue weighted by Gasteiger charge is 2.39. The quantitative estimate of drug-likeness (QED) is 0.655. The van der Waals surface area contributed by atoms with Crippen LogP contribution in [0.5, 0.6) is 23.0 Å². The maximum atomic E-state index is 10.1. The molecule has 184 valence electrons. The average Bonchev–Trinajstić information content (AvgIpc) is 2.87. The number of fused-ring (bicyclic) bond motifs is 4. The Bertz CT molecular complexity index is 1040. The second kappa shape index (κ2) is 9.67. The second-order valence-electron chi connectivity index (χ2n) is 10.1. The molecule has 2 aromatic carbocycles. The molecule has 2 aromatic rings. The van der Waals surface area contributed by atoms with Crippen LogP contribution in [-0.4, -0.2) is 50.5 Å². The van der Waals surface area contributed by atoms with Crippen LogP contribution in [0.3, 0.4) is 0 Å². The Morgan fingerprint density at radius 1 is 0.941 bits per heavy atom. The van der Waals surface area contributed by atoms with Gasteiger partial charge in [-0.05, 0) is 84.0 Å². The fraction of sp³-hybridized carbons (Fsp3) is 0.571. The number of ether oxygens (including phenoxy) is 3. The average molecular weight is 467 g/mol. The summed E-state index contributed by atoms with van der Waals surface area (Å²) in [5.41, 5.74) is 5.30. The zero-order valence-electron chi connectivity index (χ0n) is 20.9. The summed E-state index contributed by atoms with van der Waals surface area (Å²) in [6.45, 7) is 5.44. The standard InChI is InChI=1S/C28H38N2O4/c1-5-17-16-30-7-6-18-12-27(33-3)28(34-4)14-23(18)24(30)10-19(17)8-22-9-20-13-26(32-2)25(31)11-21(20)15-29-22/h11-14,17,19,22,24,29,31H,5-10,15-16H2,1-4H3/t17-,19-,22+,24-/m0/s1. The molecule has 34 heavy (non-hydrogen) atoms. The predicted octanol–water partition coefficient (Wildman–Crippen LogP) is 4.47. The molecule has 6 heteroatoms. The summed E-state index contributed by atoms with van der Waals surface area (Å²) in [6.07, 6.45) is 5.63. The molecular weight excluding hydrogens is 428 g/mol. The molecule has 5 rings (SSSR count). The molecule has 6 nitrogen and oxygen atoms in total. The first-order valence-corrected chi connectivity index (χ1v) is 12.7. The Balaban J connectivity index is 1.36. The number of hydrogen-bond acceptors (Lipinski definition) is 6. The molecule has 0 radical (unpaired) electrons. The minimum atomic E-state index is 0.225. The van der Waals surface area contributed by atoms with E-state index in [2.05, 4.69) is 29.3 Å². The van der Waals surface area contributed by atoms with E-state index < -0.39 is 0 Å². The van der Waals surface area contributed by atoms with Crippen molar-refractivity contribution in [2.75, 3.05) is 34.4 Å². The Kier molecular flexibility index (Phi) is 6.63. The Morgan fingerprint density at radius 3 is 2.41 bits per heavy atom. The highest BCUT2D eigenvalue weighted by Crippen LogP contribution is 2.46. The van der Waals surface area contributed by atoms with Crippen LogP contribution in [0, 0.1) is 11.8 Å². The van der Waals surface area contributed by atoms with Crippen LogP contribution in [0.15, 0.2) is 24.3 Å². The Morgan fingerprint density at radius 2 is 1.68 bits per heavy atom. The topological polar surface area (TPSA) is 63.2 Å². The van der Waals surface area contributed by atoms with Crippen LogP contribution in [0.1, 0.15) is 54.5 Å². The fourth-order valence-electron chi connectivity index (χ4n) is 6.55. The third-order valence-electron chi connectivity index (χ3n) is 8.44.